The third-order valence-corrected chi connectivity index (χ3v) is 6.55. The molecule has 5 rings (SSSR count). The van der Waals surface area contributed by atoms with Crippen LogP contribution in [0.25, 0.3) is 5.69 Å². The Hall–Kier alpha value is -3.97. The lowest BCUT2D eigenvalue weighted by Crippen LogP contribution is -2.30. The normalized spacial score (nSPS) is 17.3. The number of hydrogen-bond donors (Lipinski definition) is 1. The number of esters is 1. The van der Waals surface area contributed by atoms with Crippen molar-refractivity contribution >= 4 is 29.0 Å². The third-order valence-electron chi connectivity index (χ3n) is 6.23. The third kappa shape index (κ3) is 4.19. The van der Waals surface area contributed by atoms with Crippen molar-refractivity contribution in [3.63, 3.8) is 0 Å². The fourth-order valence-electron chi connectivity index (χ4n) is 4.84. The second-order valence-electron chi connectivity index (χ2n) is 8.65. The van der Waals surface area contributed by atoms with Crippen LogP contribution in [0.5, 0.6) is 0 Å². The number of carbonyl (C=O) groups excluding carboxylic acids is 1. The Morgan fingerprint density at radius 2 is 1.74 bits per heavy atom. The van der Waals surface area contributed by atoms with Gasteiger partial charge in [0.05, 0.1) is 30.1 Å². The molecule has 1 saturated heterocycles. The number of nitrogens with one attached hydrogen (secondary N) is 1. The van der Waals surface area contributed by atoms with Crippen molar-refractivity contribution in [1.29, 1.82) is 0 Å². The number of pyridine rings is 1. The molecule has 3 heterocycles. The van der Waals surface area contributed by atoms with Gasteiger partial charge in [-0.25, -0.2) is 4.79 Å². The summed E-state index contributed by atoms with van der Waals surface area (Å²) in [6.07, 6.45) is 3.76. The smallest absolute Gasteiger partial charge is 0.339 e. The Balaban J connectivity index is 1.71. The molecule has 6 nitrogen and oxygen atoms in total. The molecule has 35 heavy (non-hydrogen) atoms. The molecule has 2 unspecified atom stereocenters. The van der Waals surface area contributed by atoms with E-state index in [1.807, 2.05) is 53.2 Å². The minimum absolute atomic E-state index is 0.191. The molecule has 0 saturated carbocycles. The van der Waals surface area contributed by atoms with Crippen LogP contribution in [-0.2, 0) is 4.74 Å². The van der Waals surface area contributed by atoms with E-state index in [1.54, 1.807) is 12.3 Å². The summed E-state index contributed by atoms with van der Waals surface area (Å²) in [6, 6.07) is 23.4. The zero-order valence-electron chi connectivity index (χ0n) is 19.8. The number of carbonyl (C=O) groups is 1. The van der Waals surface area contributed by atoms with Gasteiger partial charge in [-0.2, -0.15) is 0 Å². The van der Waals surface area contributed by atoms with Gasteiger partial charge in [-0.3, -0.25) is 4.98 Å². The average Bonchev–Trinajstić information content (AvgIpc) is 3.47. The highest BCUT2D eigenvalue weighted by Crippen LogP contribution is 2.42. The van der Waals surface area contributed by atoms with E-state index in [0.29, 0.717) is 10.7 Å². The highest BCUT2D eigenvalue weighted by Gasteiger charge is 2.42. The quantitative estimate of drug-likeness (QED) is 0.301. The molecule has 1 fully saturated rings. The standard InChI is InChI=1S/C28H26N4O2S/c1-18-15-19(2)17-20(16-18)32-26(25(30-28(32)35)22-10-6-7-13-29-22)24-12-8-14-31(24)23-11-5-4-9-21(23)27(33)34-3/h4-17,25-26H,1-3H3,(H,30,35). The number of ether oxygens (including phenoxy) is 1. The molecule has 1 N–H and O–H groups in total. The summed E-state index contributed by atoms with van der Waals surface area (Å²) in [5, 5.41) is 4.14. The fraction of sp³-hybridized carbons (Fsp3) is 0.179. The van der Waals surface area contributed by atoms with Crippen molar-refractivity contribution in [2.24, 2.45) is 0 Å². The number of methoxy groups -OCH3 is 1. The summed E-state index contributed by atoms with van der Waals surface area (Å²) in [7, 11) is 1.40. The van der Waals surface area contributed by atoms with E-state index in [4.69, 9.17) is 17.0 Å². The average molecular weight is 483 g/mol. The second kappa shape index (κ2) is 9.35. The molecular formula is C28H26N4O2S. The van der Waals surface area contributed by atoms with Gasteiger partial charge < -0.3 is 19.5 Å². The Kier molecular flexibility index (Phi) is 6.09. The molecule has 0 aliphatic carbocycles. The summed E-state index contributed by atoms with van der Waals surface area (Å²) in [5.41, 5.74) is 6.44. The number of benzene rings is 2. The van der Waals surface area contributed by atoms with E-state index < -0.39 is 0 Å². The van der Waals surface area contributed by atoms with Gasteiger partial charge >= 0.3 is 5.97 Å². The molecule has 2 aromatic heterocycles. The van der Waals surface area contributed by atoms with Crippen molar-refractivity contribution < 1.29 is 9.53 Å². The van der Waals surface area contributed by atoms with Gasteiger partial charge in [-0.05, 0) is 85.7 Å². The van der Waals surface area contributed by atoms with Crippen LogP contribution >= 0.6 is 12.2 Å². The van der Waals surface area contributed by atoms with Gasteiger partial charge in [0.25, 0.3) is 0 Å². The van der Waals surface area contributed by atoms with Crippen molar-refractivity contribution in [3.8, 4) is 5.69 Å². The topological polar surface area (TPSA) is 59.4 Å². The lowest BCUT2D eigenvalue weighted by molar-refractivity contribution is 0.0600. The number of aryl methyl sites for hydroxylation is 2. The molecule has 1 aliphatic rings. The zero-order chi connectivity index (χ0) is 24.5. The van der Waals surface area contributed by atoms with Crippen LogP contribution in [0.15, 0.2) is 85.2 Å². The summed E-state index contributed by atoms with van der Waals surface area (Å²) < 4.78 is 7.10. The first-order valence-electron chi connectivity index (χ1n) is 11.4. The van der Waals surface area contributed by atoms with Gasteiger partial charge in [0.15, 0.2) is 5.11 Å². The van der Waals surface area contributed by atoms with Gasteiger partial charge in [0.1, 0.15) is 6.04 Å². The lowest BCUT2D eigenvalue weighted by Gasteiger charge is -2.29. The summed E-state index contributed by atoms with van der Waals surface area (Å²) in [4.78, 5) is 19.4. The summed E-state index contributed by atoms with van der Waals surface area (Å²) in [6.45, 7) is 4.17. The molecule has 0 bridgehead atoms. The maximum atomic E-state index is 12.6. The molecule has 2 aromatic carbocycles. The zero-order valence-corrected chi connectivity index (χ0v) is 20.6. The lowest BCUT2D eigenvalue weighted by atomic mass is 10.00. The Bertz CT molecular complexity index is 1380. The molecule has 176 valence electrons. The number of nitrogens with zero attached hydrogens (tertiary/aromatic N) is 3. The van der Waals surface area contributed by atoms with Gasteiger partial charge in [0, 0.05) is 23.8 Å². The first-order chi connectivity index (χ1) is 17.0. The molecule has 2 atom stereocenters. The molecule has 1 aliphatic heterocycles. The first-order valence-corrected chi connectivity index (χ1v) is 11.8. The van der Waals surface area contributed by atoms with E-state index in [1.165, 1.54) is 7.11 Å². The Labute approximate surface area is 210 Å². The van der Waals surface area contributed by atoms with Crippen molar-refractivity contribution in [2.45, 2.75) is 25.9 Å². The summed E-state index contributed by atoms with van der Waals surface area (Å²) >= 11 is 5.89. The van der Waals surface area contributed by atoms with E-state index in [0.717, 1.165) is 33.9 Å². The predicted molar refractivity (Wildman–Crippen MR) is 141 cm³/mol. The number of aromatic nitrogens is 2. The maximum absolute atomic E-state index is 12.6. The predicted octanol–water partition coefficient (Wildman–Crippen LogP) is 5.45. The van der Waals surface area contributed by atoms with Crippen LogP contribution in [0.4, 0.5) is 5.69 Å². The van der Waals surface area contributed by atoms with E-state index in [-0.39, 0.29) is 18.1 Å². The molecule has 7 heteroatoms. The largest absolute Gasteiger partial charge is 0.465 e. The molecule has 0 radical (unpaired) electrons. The number of anilines is 1. The van der Waals surface area contributed by atoms with Crippen LogP contribution < -0.4 is 10.2 Å². The SMILES string of the molecule is COC(=O)c1ccccc1-n1cccc1C1C(c2ccccn2)NC(=S)N1c1cc(C)cc(C)c1. The molecule has 4 aromatic rings. The van der Waals surface area contributed by atoms with Gasteiger partial charge in [-0.15, -0.1) is 0 Å². The highest BCUT2D eigenvalue weighted by atomic mass is 32.1. The maximum Gasteiger partial charge on any atom is 0.339 e. The number of rotatable bonds is 5. The molecule has 0 spiro atoms. The number of para-hydroxylation sites is 1. The minimum atomic E-state index is -0.382. The number of thiocarbonyl (C=S) groups is 1. The van der Waals surface area contributed by atoms with Crippen molar-refractivity contribution in [1.82, 2.24) is 14.9 Å². The minimum Gasteiger partial charge on any atom is -0.465 e. The van der Waals surface area contributed by atoms with E-state index >= 15 is 0 Å². The second-order valence-corrected chi connectivity index (χ2v) is 9.04. The van der Waals surface area contributed by atoms with Crippen LogP contribution in [-0.4, -0.2) is 27.7 Å². The van der Waals surface area contributed by atoms with Crippen molar-refractivity contribution in [2.75, 3.05) is 12.0 Å². The van der Waals surface area contributed by atoms with Gasteiger partial charge in [-0.1, -0.05) is 24.3 Å². The molecular weight excluding hydrogens is 456 g/mol. The van der Waals surface area contributed by atoms with Crippen molar-refractivity contribution in [3.05, 3.63) is 113 Å². The highest BCUT2D eigenvalue weighted by molar-refractivity contribution is 7.80. The fourth-order valence-corrected chi connectivity index (χ4v) is 5.19. The monoisotopic (exact) mass is 482 g/mol. The van der Waals surface area contributed by atoms with Crippen LogP contribution in [0.3, 0.4) is 0 Å². The van der Waals surface area contributed by atoms with Crippen LogP contribution in [0.2, 0.25) is 0 Å². The number of hydrogen-bond acceptors (Lipinski definition) is 4. The van der Waals surface area contributed by atoms with E-state index in [2.05, 4.69) is 53.3 Å². The Morgan fingerprint density at radius 1 is 1.00 bits per heavy atom. The summed E-state index contributed by atoms with van der Waals surface area (Å²) in [5.74, 6) is -0.382. The van der Waals surface area contributed by atoms with E-state index in [9.17, 15) is 4.79 Å². The molecule has 0 amide bonds. The van der Waals surface area contributed by atoms with Crippen LogP contribution in [0, 0.1) is 13.8 Å². The first kappa shape index (κ1) is 22.8. The van der Waals surface area contributed by atoms with Crippen LogP contribution in [0.1, 0.15) is 45.0 Å². The van der Waals surface area contributed by atoms with Gasteiger partial charge in [0.2, 0.25) is 0 Å². The Morgan fingerprint density at radius 3 is 2.46 bits per heavy atom.